The molecule has 2 heterocycles. The van der Waals surface area contributed by atoms with Gasteiger partial charge in [0.05, 0.1) is 0 Å². The lowest BCUT2D eigenvalue weighted by molar-refractivity contribution is 0.306. The Hall–Kier alpha value is -3.28. The van der Waals surface area contributed by atoms with Crippen LogP contribution in [0.1, 0.15) is 30.0 Å². The van der Waals surface area contributed by atoms with Crippen LogP contribution in [0.3, 0.4) is 0 Å². The van der Waals surface area contributed by atoms with Crippen molar-refractivity contribution in [2.45, 2.75) is 13.3 Å². The van der Waals surface area contributed by atoms with Crippen LogP contribution in [0.2, 0.25) is 5.22 Å². The van der Waals surface area contributed by atoms with Crippen molar-refractivity contribution in [3.8, 4) is 11.6 Å². The molecule has 2 aromatic heterocycles. The molecular weight excluding hydrogens is 424 g/mol. The lowest BCUT2D eigenvalue weighted by Crippen LogP contribution is -2.16. The van der Waals surface area contributed by atoms with E-state index in [1.807, 2.05) is 55.7 Å². The molecule has 6 heteroatoms. The highest BCUT2D eigenvalue weighted by molar-refractivity contribution is 6.29. The minimum absolute atomic E-state index is 0.229. The van der Waals surface area contributed by atoms with E-state index in [4.69, 9.17) is 20.8 Å². The predicted octanol–water partition coefficient (Wildman–Crippen LogP) is 6.15. The molecule has 0 fully saturated rings. The number of furan rings is 1. The van der Waals surface area contributed by atoms with E-state index in [0.717, 1.165) is 51.8 Å². The number of nitrogens with one attached hydrogen (secondary N) is 1. The number of phenolic OH excluding ortho intramolecular Hbond substituents is 1. The highest BCUT2D eigenvalue weighted by Gasteiger charge is 2.15. The van der Waals surface area contributed by atoms with Crippen LogP contribution in [0.4, 0.5) is 0 Å². The van der Waals surface area contributed by atoms with E-state index in [1.165, 1.54) is 0 Å². The largest absolute Gasteiger partial charge is 0.508 e. The maximum atomic E-state index is 9.81. The Kier molecular flexibility index (Phi) is 6.78. The van der Waals surface area contributed by atoms with Crippen molar-refractivity contribution in [3.63, 3.8) is 0 Å². The Balaban J connectivity index is 1.83. The zero-order chi connectivity index (χ0) is 22.5. The van der Waals surface area contributed by atoms with E-state index in [0.29, 0.717) is 17.7 Å². The summed E-state index contributed by atoms with van der Waals surface area (Å²) < 4.78 is 11.2. The second-order valence-corrected chi connectivity index (χ2v) is 7.77. The molecule has 0 atom stereocenters. The van der Waals surface area contributed by atoms with Crippen LogP contribution >= 0.6 is 11.6 Å². The Labute approximate surface area is 192 Å². The number of hydrogen-bond donors (Lipinski definition) is 2. The molecule has 0 bridgehead atoms. The van der Waals surface area contributed by atoms with Gasteiger partial charge in [-0.1, -0.05) is 25.1 Å². The standard InChI is InChI=1S/C26H25ClN2O3/c1-3-22(18-6-10-23-20(14-18)15-24(27)32-23)26(17-4-8-21(30)9-5-17)19-7-11-25(29-16-19)31-13-12-28-2/h4-11,14-16,28,30H,3,12-13H2,1-2H3. The third-order valence-corrected chi connectivity index (χ3v) is 5.46. The van der Waals surface area contributed by atoms with Gasteiger partial charge in [0.25, 0.3) is 0 Å². The molecule has 0 spiro atoms. The molecule has 2 N–H and O–H groups in total. The first-order valence-corrected chi connectivity index (χ1v) is 10.9. The van der Waals surface area contributed by atoms with Gasteiger partial charge in [-0.15, -0.1) is 0 Å². The van der Waals surface area contributed by atoms with Gasteiger partial charge < -0.3 is 19.6 Å². The van der Waals surface area contributed by atoms with Crippen LogP contribution in [0.5, 0.6) is 11.6 Å². The number of ether oxygens (including phenoxy) is 1. The van der Waals surface area contributed by atoms with Gasteiger partial charge in [-0.25, -0.2) is 4.98 Å². The molecule has 0 aliphatic rings. The van der Waals surface area contributed by atoms with Gasteiger partial charge in [-0.2, -0.15) is 0 Å². The van der Waals surface area contributed by atoms with Crippen LogP contribution in [-0.4, -0.2) is 30.3 Å². The Morgan fingerprint density at radius 1 is 1.03 bits per heavy atom. The van der Waals surface area contributed by atoms with Crippen molar-refractivity contribution >= 4 is 33.7 Å². The number of pyridine rings is 1. The summed E-state index contributed by atoms with van der Waals surface area (Å²) in [5.41, 5.74) is 6.01. The van der Waals surface area contributed by atoms with Crippen molar-refractivity contribution in [1.82, 2.24) is 10.3 Å². The maximum Gasteiger partial charge on any atom is 0.213 e. The van der Waals surface area contributed by atoms with Gasteiger partial charge >= 0.3 is 0 Å². The Bertz CT molecular complexity index is 1230. The van der Waals surface area contributed by atoms with Crippen LogP contribution in [0.15, 0.2) is 71.3 Å². The fourth-order valence-corrected chi connectivity index (χ4v) is 3.94. The number of aromatic nitrogens is 1. The number of allylic oxidation sites excluding steroid dienone is 1. The summed E-state index contributed by atoms with van der Waals surface area (Å²) in [7, 11) is 1.88. The lowest BCUT2D eigenvalue weighted by Gasteiger charge is -2.16. The molecule has 4 aromatic rings. The molecule has 0 saturated carbocycles. The van der Waals surface area contributed by atoms with E-state index in [-0.39, 0.29) is 5.75 Å². The number of hydrogen-bond acceptors (Lipinski definition) is 5. The first-order valence-electron chi connectivity index (χ1n) is 10.5. The summed E-state index contributed by atoms with van der Waals surface area (Å²) in [5, 5.41) is 14.2. The molecular formula is C26H25ClN2O3. The molecule has 0 unspecified atom stereocenters. The second kappa shape index (κ2) is 9.90. The van der Waals surface area contributed by atoms with Gasteiger partial charge in [0.15, 0.2) is 5.22 Å². The summed E-state index contributed by atoms with van der Waals surface area (Å²) in [6.45, 7) is 3.44. The summed E-state index contributed by atoms with van der Waals surface area (Å²) in [5.74, 6) is 0.813. The van der Waals surface area contributed by atoms with Crippen molar-refractivity contribution in [2.24, 2.45) is 0 Å². The summed E-state index contributed by atoms with van der Waals surface area (Å²) >= 11 is 6.05. The Morgan fingerprint density at radius 3 is 2.47 bits per heavy atom. The highest BCUT2D eigenvalue weighted by Crippen LogP contribution is 2.36. The quantitative estimate of drug-likeness (QED) is 0.250. The first-order chi connectivity index (χ1) is 15.6. The van der Waals surface area contributed by atoms with Gasteiger partial charge in [-0.05, 0) is 77.7 Å². The van der Waals surface area contributed by atoms with Crippen molar-refractivity contribution in [1.29, 1.82) is 0 Å². The molecule has 32 heavy (non-hydrogen) atoms. The van der Waals surface area contributed by atoms with Gasteiger partial charge in [0, 0.05) is 35.8 Å². The molecule has 164 valence electrons. The van der Waals surface area contributed by atoms with E-state index in [1.54, 1.807) is 12.1 Å². The number of phenols is 1. The number of rotatable bonds is 8. The van der Waals surface area contributed by atoms with E-state index in [9.17, 15) is 5.11 Å². The smallest absolute Gasteiger partial charge is 0.213 e. The van der Waals surface area contributed by atoms with Crippen molar-refractivity contribution in [2.75, 3.05) is 20.2 Å². The first kappa shape index (κ1) is 21.9. The average Bonchev–Trinajstić information content (AvgIpc) is 3.18. The van der Waals surface area contributed by atoms with E-state index >= 15 is 0 Å². The molecule has 0 aliphatic carbocycles. The van der Waals surface area contributed by atoms with Gasteiger partial charge in [0.1, 0.15) is 17.9 Å². The van der Waals surface area contributed by atoms with Gasteiger partial charge in [-0.3, -0.25) is 0 Å². The summed E-state index contributed by atoms with van der Waals surface area (Å²) in [6.07, 6.45) is 2.63. The summed E-state index contributed by atoms with van der Waals surface area (Å²) in [4.78, 5) is 4.51. The number of likely N-dealkylation sites (N-methyl/N-ethyl adjacent to an activating group) is 1. The molecule has 0 saturated heterocycles. The van der Waals surface area contributed by atoms with Crippen molar-refractivity contribution < 1.29 is 14.3 Å². The summed E-state index contributed by atoms with van der Waals surface area (Å²) in [6, 6.07) is 19.1. The van der Waals surface area contributed by atoms with Crippen LogP contribution in [0, 0.1) is 0 Å². The Morgan fingerprint density at radius 2 is 1.78 bits per heavy atom. The molecule has 4 rings (SSSR count). The number of aromatic hydroxyl groups is 1. The predicted molar refractivity (Wildman–Crippen MR) is 129 cm³/mol. The number of benzene rings is 2. The normalized spacial score (nSPS) is 12.1. The van der Waals surface area contributed by atoms with Crippen LogP contribution in [0.25, 0.3) is 22.1 Å². The van der Waals surface area contributed by atoms with Crippen LogP contribution in [-0.2, 0) is 0 Å². The van der Waals surface area contributed by atoms with E-state index in [2.05, 4.69) is 23.3 Å². The fraction of sp³-hybridized carbons (Fsp3) is 0.192. The lowest BCUT2D eigenvalue weighted by atomic mass is 9.88. The zero-order valence-electron chi connectivity index (χ0n) is 18.1. The SMILES string of the molecule is CCC(=C(c1ccc(O)cc1)c1ccc(OCCNC)nc1)c1ccc2oc(Cl)cc2c1. The zero-order valence-corrected chi connectivity index (χ0v) is 18.8. The minimum Gasteiger partial charge on any atom is -0.508 e. The topological polar surface area (TPSA) is 67.5 Å². The maximum absolute atomic E-state index is 9.81. The van der Waals surface area contributed by atoms with E-state index < -0.39 is 0 Å². The molecule has 0 radical (unpaired) electrons. The second-order valence-electron chi connectivity index (χ2n) is 7.39. The number of fused-ring (bicyclic) bond motifs is 1. The molecule has 5 nitrogen and oxygen atoms in total. The average molecular weight is 449 g/mol. The molecule has 0 aliphatic heterocycles. The van der Waals surface area contributed by atoms with Crippen molar-refractivity contribution in [3.05, 3.63) is 88.8 Å². The number of halogens is 1. The minimum atomic E-state index is 0.229. The van der Waals surface area contributed by atoms with Gasteiger partial charge in [0.2, 0.25) is 5.88 Å². The third-order valence-electron chi connectivity index (χ3n) is 5.27. The third kappa shape index (κ3) is 4.79. The number of nitrogens with zero attached hydrogens (tertiary/aromatic N) is 1. The van der Waals surface area contributed by atoms with Crippen LogP contribution < -0.4 is 10.1 Å². The highest BCUT2D eigenvalue weighted by atomic mass is 35.5. The monoisotopic (exact) mass is 448 g/mol. The fourth-order valence-electron chi connectivity index (χ4n) is 3.74. The molecule has 0 amide bonds. The molecule has 2 aromatic carbocycles.